The van der Waals surface area contributed by atoms with Gasteiger partial charge >= 0.3 is 0 Å². The summed E-state index contributed by atoms with van der Waals surface area (Å²) in [6.45, 7) is 14.4. The van der Waals surface area contributed by atoms with Crippen molar-refractivity contribution in [3.05, 3.63) is 34.9 Å². The Morgan fingerprint density at radius 1 is 1.06 bits per heavy atom. The zero-order chi connectivity index (χ0) is 24.7. The fourth-order valence-corrected chi connectivity index (χ4v) is 6.28. The average Bonchev–Trinajstić information content (AvgIpc) is 3.16. The summed E-state index contributed by atoms with van der Waals surface area (Å²) in [6, 6.07) is 6.92. The van der Waals surface area contributed by atoms with E-state index in [0.29, 0.717) is 0 Å². The Kier molecular flexibility index (Phi) is 10.2. The van der Waals surface area contributed by atoms with Gasteiger partial charge in [-0.3, -0.25) is 4.79 Å². The summed E-state index contributed by atoms with van der Waals surface area (Å²) in [5, 5.41) is 14.0. The molecule has 1 aromatic rings. The lowest BCUT2D eigenvalue weighted by atomic mass is 9.71. The van der Waals surface area contributed by atoms with E-state index in [-0.39, 0.29) is 23.5 Å². The standard InChI is InChI=1S/C28H49NO3Si/c1-8-9-10-11-12-13-14-22-15-16-23-18-25(19-24(23)17-22)28(20-30,29-21(2)31)27(6,7)32-33-26(3,4)5/h15-17,25,30H,8-14,18-20,33H2,1-7H3,(H,29,31). The van der Waals surface area contributed by atoms with Crippen LogP contribution in [0.15, 0.2) is 18.2 Å². The van der Waals surface area contributed by atoms with Crippen LogP contribution in [0.2, 0.25) is 5.04 Å². The monoisotopic (exact) mass is 475 g/mol. The third-order valence-corrected chi connectivity index (χ3v) is 9.04. The maximum Gasteiger partial charge on any atom is 0.217 e. The first-order chi connectivity index (χ1) is 15.4. The Hall–Kier alpha value is -1.17. The molecule has 1 aromatic carbocycles. The first kappa shape index (κ1) is 28.1. The number of aryl methyl sites for hydroxylation is 1. The molecule has 0 bridgehead atoms. The molecule has 0 radical (unpaired) electrons. The normalized spacial score (nSPS) is 18.5. The van der Waals surface area contributed by atoms with Gasteiger partial charge in [-0.05, 0) is 67.2 Å². The zero-order valence-electron chi connectivity index (χ0n) is 22.4. The van der Waals surface area contributed by atoms with Crippen LogP contribution in [0.3, 0.4) is 0 Å². The summed E-state index contributed by atoms with van der Waals surface area (Å²) in [5.41, 5.74) is 2.67. The van der Waals surface area contributed by atoms with Crippen LogP contribution in [0.5, 0.6) is 0 Å². The van der Waals surface area contributed by atoms with Crippen LogP contribution in [0.4, 0.5) is 0 Å². The van der Waals surface area contributed by atoms with Crippen LogP contribution in [-0.4, -0.2) is 38.5 Å². The van der Waals surface area contributed by atoms with Crippen LogP contribution >= 0.6 is 0 Å². The van der Waals surface area contributed by atoms with Crippen molar-refractivity contribution in [3.8, 4) is 0 Å². The van der Waals surface area contributed by atoms with Crippen molar-refractivity contribution in [2.75, 3.05) is 6.61 Å². The topological polar surface area (TPSA) is 58.6 Å². The minimum Gasteiger partial charge on any atom is -0.416 e. The molecule has 4 nitrogen and oxygen atoms in total. The van der Waals surface area contributed by atoms with E-state index in [2.05, 4.69) is 51.2 Å². The number of hydrogen-bond donors (Lipinski definition) is 2. The number of fused-ring (bicyclic) bond motifs is 1. The van der Waals surface area contributed by atoms with Crippen molar-refractivity contribution < 1.29 is 14.3 Å². The van der Waals surface area contributed by atoms with Gasteiger partial charge in [-0.2, -0.15) is 0 Å². The molecule has 2 N–H and O–H groups in total. The lowest BCUT2D eigenvalue weighted by Crippen LogP contribution is -2.69. The first-order valence-electron chi connectivity index (χ1n) is 13.1. The van der Waals surface area contributed by atoms with Gasteiger partial charge in [0.15, 0.2) is 9.76 Å². The van der Waals surface area contributed by atoms with E-state index in [9.17, 15) is 9.90 Å². The molecule has 0 saturated heterocycles. The van der Waals surface area contributed by atoms with Crippen molar-refractivity contribution >= 4 is 15.7 Å². The molecule has 0 aromatic heterocycles. The molecule has 0 saturated carbocycles. The smallest absolute Gasteiger partial charge is 0.217 e. The quantitative estimate of drug-likeness (QED) is 0.302. The van der Waals surface area contributed by atoms with Gasteiger partial charge in [0.25, 0.3) is 0 Å². The SMILES string of the molecule is CCCCCCCCc1ccc2c(c1)CC(C(CO)(NC(C)=O)C(C)(C)O[SiH2]C(C)(C)C)C2. The Balaban J connectivity index is 2.15. The predicted octanol–water partition coefficient (Wildman–Crippen LogP) is 5.27. The summed E-state index contributed by atoms with van der Waals surface area (Å²) in [7, 11) is -0.857. The first-order valence-corrected chi connectivity index (χ1v) is 14.4. The fourth-order valence-electron chi connectivity index (χ4n) is 5.23. The molecule has 33 heavy (non-hydrogen) atoms. The number of carbonyl (C=O) groups is 1. The summed E-state index contributed by atoms with van der Waals surface area (Å²) < 4.78 is 6.54. The summed E-state index contributed by atoms with van der Waals surface area (Å²) >= 11 is 0. The highest BCUT2D eigenvalue weighted by molar-refractivity contribution is 6.31. The third kappa shape index (κ3) is 7.66. The van der Waals surface area contributed by atoms with Crippen molar-refractivity contribution in [1.29, 1.82) is 0 Å². The maximum absolute atomic E-state index is 12.3. The summed E-state index contributed by atoms with van der Waals surface area (Å²) in [5.74, 6) is -0.00692. The second-order valence-corrected chi connectivity index (χ2v) is 14.6. The largest absolute Gasteiger partial charge is 0.416 e. The Morgan fingerprint density at radius 3 is 2.30 bits per heavy atom. The summed E-state index contributed by atoms with van der Waals surface area (Å²) in [6.07, 6.45) is 10.7. The molecule has 0 spiro atoms. The molecule has 0 heterocycles. The van der Waals surface area contributed by atoms with Gasteiger partial charge in [-0.1, -0.05) is 78.0 Å². The maximum atomic E-state index is 12.3. The molecular formula is C28H49NO3Si. The number of amides is 1. The van der Waals surface area contributed by atoms with Crippen LogP contribution in [0.25, 0.3) is 0 Å². The van der Waals surface area contributed by atoms with Crippen molar-refractivity contribution in [1.82, 2.24) is 5.32 Å². The molecule has 0 fully saturated rings. The van der Waals surface area contributed by atoms with Gasteiger partial charge < -0.3 is 14.8 Å². The molecule has 188 valence electrons. The van der Waals surface area contributed by atoms with Gasteiger partial charge in [-0.25, -0.2) is 0 Å². The number of aliphatic hydroxyl groups is 1. The molecule has 2 unspecified atom stereocenters. The second kappa shape index (κ2) is 12.0. The Morgan fingerprint density at radius 2 is 1.70 bits per heavy atom. The third-order valence-electron chi connectivity index (χ3n) is 7.31. The van der Waals surface area contributed by atoms with E-state index in [1.165, 1.54) is 55.2 Å². The van der Waals surface area contributed by atoms with E-state index in [0.717, 1.165) is 19.3 Å². The van der Waals surface area contributed by atoms with E-state index in [4.69, 9.17) is 4.43 Å². The van der Waals surface area contributed by atoms with Gasteiger partial charge in [0, 0.05) is 6.92 Å². The van der Waals surface area contributed by atoms with E-state index >= 15 is 0 Å². The van der Waals surface area contributed by atoms with Crippen molar-refractivity contribution in [3.63, 3.8) is 0 Å². The second-order valence-electron chi connectivity index (χ2n) is 11.9. The Labute approximate surface area is 205 Å². The highest BCUT2D eigenvalue weighted by Crippen LogP contribution is 2.42. The van der Waals surface area contributed by atoms with Crippen LogP contribution in [0, 0.1) is 5.92 Å². The molecule has 5 heteroatoms. The molecule has 2 rings (SSSR count). The number of benzene rings is 1. The number of unbranched alkanes of at least 4 members (excludes halogenated alkanes) is 5. The van der Waals surface area contributed by atoms with Gasteiger partial charge in [0.2, 0.25) is 5.91 Å². The highest BCUT2D eigenvalue weighted by atomic mass is 28.2. The highest BCUT2D eigenvalue weighted by Gasteiger charge is 2.53. The number of aliphatic hydroxyl groups excluding tert-OH is 1. The molecule has 0 aliphatic heterocycles. The number of hydrogen-bond acceptors (Lipinski definition) is 3. The average molecular weight is 476 g/mol. The lowest BCUT2D eigenvalue weighted by Gasteiger charge is -2.50. The van der Waals surface area contributed by atoms with Crippen molar-refractivity contribution in [2.24, 2.45) is 5.92 Å². The Bertz CT molecular complexity index is 771. The zero-order valence-corrected chi connectivity index (χ0v) is 23.8. The number of nitrogens with one attached hydrogen (secondary N) is 1. The predicted molar refractivity (Wildman–Crippen MR) is 141 cm³/mol. The van der Waals surface area contributed by atoms with Gasteiger partial charge in [0.1, 0.15) is 0 Å². The van der Waals surface area contributed by atoms with Crippen molar-refractivity contribution in [2.45, 2.75) is 122 Å². The molecule has 2 atom stereocenters. The van der Waals surface area contributed by atoms with E-state index in [1.807, 2.05) is 13.8 Å². The van der Waals surface area contributed by atoms with Gasteiger partial charge in [-0.15, -0.1) is 0 Å². The van der Waals surface area contributed by atoms with Crippen LogP contribution in [-0.2, 0) is 28.5 Å². The van der Waals surface area contributed by atoms with E-state index < -0.39 is 20.9 Å². The fraction of sp³-hybridized carbons (Fsp3) is 0.750. The molecule has 1 amide bonds. The number of rotatable bonds is 13. The number of carbonyl (C=O) groups excluding carboxylic acids is 1. The van der Waals surface area contributed by atoms with E-state index in [1.54, 1.807) is 6.92 Å². The van der Waals surface area contributed by atoms with Crippen LogP contribution in [0.1, 0.15) is 104 Å². The molecule has 1 aliphatic carbocycles. The van der Waals surface area contributed by atoms with Gasteiger partial charge in [0.05, 0.1) is 17.7 Å². The summed E-state index contributed by atoms with van der Waals surface area (Å²) in [4.78, 5) is 12.3. The lowest BCUT2D eigenvalue weighted by molar-refractivity contribution is -0.129. The van der Waals surface area contributed by atoms with Crippen LogP contribution < -0.4 is 5.32 Å². The molecular weight excluding hydrogens is 426 g/mol. The molecule has 1 aliphatic rings. The minimum absolute atomic E-state index is 0.106. The minimum atomic E-state index is -0.857.